The van der Waals surface area contributed by atoms with E-state index in [0.29, 0.717) is 46.6 Å². The van der Waals surface area contributed by atoms with Crippen molar-refractivity contribution in [1.82, 2.24) is 34.6 Å². The van der Waals surface area contributed by atoms with Gasteiger partial charge in [-0.3, -0.25) is 14.5 Å². The summed E-state index contributed by atoms with van der Waals surface area (Å²) in [6.45, 7) is 2.93. The van der Waals surface area contributed by atoms with Crippen molar-refractivity contribution in [3.05, 3.63) is 34.0 Å². The van der Waals surface area contributed by atoms with Crippen molar-refractivity contribution in [2.75, 3.05) is 11.4 Å². The number of nitrogens with zero attached hydrogens (tertiary/aromatic N) is 7. The molecule has 212 valence electrons. The molecule has 5 heterocycles. The van der Waals surface area contributed by atoms with E-state index in [1.807, 2.05) is 4.57 Å². The van der Waals surface area contributed by atoms with Gasteiger partial charge in [-0.05, 0) is 37.2 Å². The first-order valence-corrected chi connectivity index (χ1v) is 13.8. The van der Waals surface area contributed by atoms with Gasteiger partial charge in [-0.2, -0.15) is 18.2 Å². The Morgan fingerprint density at radius 3 is 2.62 bits per heavy atom. The maximum atomic E-state index is 14.1. The summed E-state index contributed by atoms with van der Waals surface area (Å²) in [5.41, 5.74) is 1.56. The third-order valence-corrected chi connectivity index (χ3v) is 8.20. The molecule has 1 aliphatic carbocycles. The molecule has 1 saturated carbocycles. The quantitative estimate of drug-likeness (QED) is 0.314. The molecule has 1 saturated heterocycles. The lowest BCUT2D eigenvalue weighted by Gasteiger charge is -2.29. The first kappa shape index (κ1) is 26.7. The molecule has 4 aromatic heterocycles. The molecular formula is C26H28ClF3N8O2. The van der Waals surface area contributed by atoms with Gasteiger partial charge in [0.05, 0.1) is 5.02 Å². The van der Waals surface area contributed by atoms with Crippen LogP contribution in [0.25, 0.3) is 34.1 Å². The van der Waals surface area contributed by atoms with Crippen molar-refractivity contribution in [2.24, 2.45) is 11.8 Å². The zero-order chi connectivity index (χ0) is 28.0. The number of hydrogen-bond donors (Lipinski definition) is 1. The third-order valence-electron chi connectivity index (χ3n) is 8.00. The summed E-state index contributed by atoms with van der Waals surface area (Å²) in [5, 5.41) is 4.06. The van der Waals surface area contributed by atoms with Crippen LogP contribution in [0.1, 0.15) is 51.9 Å². The van der Waals surface area contributed by atoms with E-state index < -0.39 is 18.0 Å². The Balaban J connectivity index is 1.54. The average Bonchev–Trinajstić information content (AvgIpc) is 3.66. The Hall–Kier alpha value is -3.48. The molecule has 0 radical (unpaired) electrons. The number of rotatable bonds is 6. The van der Waals surface area contributed by atoms with Gasteiger partial charge in [-0.15, -0.1) is 0 Å². The predicted molar refractivity (Wildman–Crippen MR) is 142 cm³/mol. The molecule has 1 atom stereocenters. The first-order chi connectivity index (χ1) is 19.2. The highest BCUT2D eigenvalue weighted by molar-refractivity contribution is 6.30. The molecule has 0 aromatic carbocycles. The summed E-state index contributed by atoms with van der Waals surface area (Å²) in [4.78, 5) is 33.4. The van der Waals surface area contributed by atoms with Crippen LogP contribution in [0.4, 0.5) is 19.1 Å². The number of aryl methyl sites for hydroxylation is 1. The van der Waals surface area contributed by atoms with E-state index >= 15 is 0 Å². The normalized spacial score (nSPS) is 21.9. The monoisotopic (exact) mass is 576 g/mol. The Kier molecular flexibility index (Phi) is 7.01. The van der Waals surface area contributed by atoms with Crippen LogP contribution in [0, 0.1) is 11.8 Å². The number of anilines is 1. The molecule has 2 aliphatic rings. The van der Waals surface area contributed by atoms with E-state index in [1.54, 1.807) is 12.3 Å². The molecular weight excluding hydrogens is 549 g/mol. The van der Waals surface area contributed by atoms with Crippen LogP contribution < -0.4 is 10.7 Å². The van der Waals surface area contributed by atoms with Crippen molar-refractivity contribution in [2.45, 2.75) is 70.6 Å². The highest BCUT2D eigenvalue weighted by Gasteiger charge is 2.47. The van der Waals surface area contributed by atoms with E-state index in [9.17, 15) is 18.0 Å². The van der Waals surface area contributed by atoms with Crippen LogP contribution in [-0.2, 0) is 6.54 Å². The van der Waals surface area contributed by atoms with Gasteiger partial charge in [-0.1, -0.05) is 49.4 Å². The number of halogens is 4. The highest BCUT2D eigenvalue weighted by atomic mass is 35.5. The summed E-state index contributed by atoms with van der Waals surface area (Å²) in [6.07, 6.45) is 4.29. The molecule has 40 heavy (non-hydrogen) atoms. The number of pyridine rings is 1. The van der Waals surface area contributed by atoms with Crippen LogP contribution in [0.3, 0.4) is 0 Å². The Morgan fingerprint density at radius 2 is 1.93 bits per heavy atom. The second-order valence-electron chi connectivity index (χ2n) is 10.8. The largest absolute Gasteiger partial charge is 0.439 e. The maximum Gasteiger partial charge on any atom is 0.439 e. The topological polar surface area (TPSA) is 119 Å². The number of fused-ring (bicyclic) bond motifs is 1. The SMILES string of the molecule is CC1CCC(CCn2c(N3CCC[C@H]3C(F)(F)F)nc3nc(-c4noc(=O)[nH]4)nc(-c4cncc(Cl)c4)c32)CC1. The number of nitrogens with one attached hydrogen (secondary N) is 1. The molecule has 2 fully saturated rings. The molecule has 0 unspecified atom stereocenters. The minimum absolute atomic E-state index is 0.00457. The number of aromatic nitrogens is 7. The third kappa shape index (κ3) is 5.18. The van der Waals surface area contributed by atoms with Gasteiger partial charge in [0.1, 0.15) is 17.3 Å². The van der Waals surface area contributed by atoms with Crippen LogP contribution in [0.5, 0.6) is 0 Å². The molecule has 10 nitrogen and oxygen atoms in total. The number of aromatic amines is 1. The van der Waals surface area contributed by atoms with Crippen LogP contribution in [0.15, 0.2) is 27.8 Å². The summed E-state index contributed by atoms with van der Waals surface area (Å²) in [5.74, 6) is 0.563. The second kappa shape index (κ2) is 10.5. The van der Waals surface area contributed by atoms with E-state index in [-0.39, 0.29) is 36.2 Å². The summed E-state index contributed by atoms with van der Waals surface area (Å²) in [6, 6.07) is 0.0220. The summed E-state index contributed by atoms with van der Waals surface area (Å²) in [7, 11) is 0. The van der Waals surface area contributed by atoms with Gasteiger partial charge in [0, 0.05) is 31.0 Å². The molecule has 1 aliphatic heterocycles. The standard InChI is InChI=1S/C26H28ClF3N8O2/c1-14-4-6-15(7-5-14)8-10-38-20-19(16-11-17(27)13-31-12-16)32-22(23-35-25(39)40-36-23)33-21(20)34-24(38)37-9-2-3-18(37)26(28,29)30/h11-15,18H,2-10H2,1H3,(H,35,36,39)/t14?,15?,18-/m0/s1. The smallest absolute Gasteiger partial charge is 0.330 e. The van der Waals surface area contributed by atoms with Gasteiger partial charge >= 0.3 is 11.9 Å². The fraction of sp³-hybridized carbons (Fsp3) is 0.538. The zero-order valence-corrected chi connectivity index (χ0v) is 22.5. The molecule has 0 amide bonds. The second-order valence-corrected chi connectivity index (χ2v) is 11.2. The van der Waals surface area contributed by atoms with Gasteiger partial charge < -0.3 is 9.47 Å². The van der Waals surface area contributed by atoms with Crippen molar-refractivity contribution in [3.8, 4) is 22.9 Å². The highest BCUT2D eigenvalue weighted by Crippen LogP contribution is 2.40. The van der Waals surface area contributed by atoms with E-state index in [4.69, 9.17) is 11.6 Å². The molecule has 0 bridgehead atoms. The average molecular weight is 577 g/mol. The number of hydrogen-bond acceptors (Lipinski definition) is 8. The minimum Gasteiger partial charge on any atom is -0.330 e. The summed E-state index contributed by atoms with van der Waals surface area (Å²) < 4.78 is 48.7. The van der Waals surface area contributed by atoms with Gasteiger partial charge in [0.15, 0.2) is 5.65 Å². The fourth-order valence-corrected chi connectivity index (χ4v) is 6.08. The Bertz CT molecular complexity index is 1570. The molecule has 6 rings (SSSR count). The lowest BCUT2D eigenvalue weighted by molar-refractivity contribution is -0.146. The zero-order valence-electron chi connectivity index (χ0n) is 21.8. The van der Waals surface area contributed by atoms with Crippen molar-refractivity contribution < 1.29 is 17.7 Å². The number of H-pyrrole nitrogens is 1. The predicted octanol–water partition coefficient (Wildman–Crippen LogP) is 5.63. The van der Waals surface area contributed by atoms with Crippen molar-refractivity contribution >= 4 is 28.7 Å². The summed E-state index contributed by atoms with van der Waals surface area (Å²) >= 11 is 6.26. The maximum absolute atomic E-state index is 14.1. The van der Waals surface area contributed by atoms with Gasteiger partial charge in [-0.25, -0.2) is 14.8 Å². The Morgan fingerprint density at radius 1 is 1.12 bits per heavy atom. The van der Waals surface area contributed by atoms with Crippen LogP contribution in [-0.4, -0.2) is 53.4 Å². The van der Waals surface area contributed by atoms with E-state index in [0.717, 1.165) is 32.1 Å². The minimum atomic E-state index is -4.41. The lowest BCUT2D eigenvalue weighted by atomic mass is 9.81. The van der Waals surface area contributed by atoms with Gasteiger partial charge in [0.2, 0.25) is 17.6 Å². The van der Waals surface area contributed by atoms with E-state index in [2.05, 4.69) is 41.5 Å². The molecule has 0 spiro atoms. The van der Waals surface area contributed by atoms with Crippen LogP contribution in [0.2, 0.25) is 5.02 Å². The first-order valence-electron chi connectivity index (χ1n) is 13.5. The van der Waals surface area contributed by atoms with E-state index in [1.165, 1.54) is 11.1 Å². The number of imidazole rings is 1. The van der Waals surface area contributed by atoms with Gasteiger partial charge in [0.25, 0.3) is 0 Å². The van der Waals surface area contributed by atoms with Crippen LogP contribution >= 0.6 is 11.6 Å². The number of alkyl halides is 3. The molecule has 4 aromatic rings. The fourth-order valence-electron chi connectivity index (χ4n) is 5.91. The van der Waals surface area contributed by atoms with Crippen molar-refractivity contribution in [1.29, 1.82) is 0 Å². The molecule has 14 heteroatoms. The molecule has 1 N–H and O–H groups in total. The van der Waals surface area contributed by atoms with Crippen molar-refractivity contribution in [3.63, 3.8) is 0 Å². The Labute approximate surface area is 232 Å². The lowest BCUT2D eigenvalue weighted by Crippen LogP contribution is -2.42.